The van der Waals surface area contributed by atoms with Crippen LogP contribution in [0.15, 0.2) is 42.7 Å². The molecule has 32 heavy (non-hydrogen) atoms. The molecule has 1 aromatic carbocycles. The summed E-state index contributed by atoms with van der Waals surface area (Å²) in [6, 6.07) is 13.6. The van der Waals surface area contributed by atoms with E-state index in [2.05, 4.69) is 28.1 Å². The number of ether oxygens (including phenoxy) is 1. The minimum absolute atomic E-state index is 0.557. The van der Waals surface area contributed by atoms with Gasteiger partial charge >= 0.3 is 0 Å². The molecule has 8 heteroatoms. The molecular formula is C24H25N7O. The molecule has 0 saturated carbocycles. The van der Waals surface area contributed by atoms with Gasteiger partial charge in [-0.3, -0.25) is 4.68 Å². The number of aryl methyl sites for hydroxylation is 2. The zero-order valence-corrected chi connectivity index (χ0v) is 18.7. The topological polar surface area (TPSA) is 94.4 Å². The van der Waals surface area contributed by atoms with Gasteiger partial charge in [0.2, 0.25) is 0 Å². The van der Waals surface area contributed by atoms with Gasteiger partial charge in [-0.05, 0) is 44.5 Å². The van der Waals surface area contributed by atoms with Crippen molar-refractivity contribution in [3.8, 4) is 23.1 Å². The molecule has 4 aromatic rings. The molecule has 0 radical (unpaired) electrons. The second-order valence-corrected chi connectivity index (χ2v) is 7.71. The summed E-state index contributed by atoms with van der Waals surface area (Å²) in [5.74, 6) is 0.744. The van der Waals surface area contributed by atoms with E-state index in [0.717, 1.165) is 45.4 Å². The van der Waals surface area contributed by atoms with Crippen LogP contribution in [0.2, 0.25) is 0 Å². The first-order valence-electron chi connectivity index (χ1n) is 10.4. The monoisotopic (exact) mass is 427 g/mol. The highest BCUT2D eigenvalue weighted by molar-refractivity contribution is 5.65. The highest BCUT2D eigenvalue weighted by atomic mass is 16.5. The highest BCUT2D eigenvalue weighted by Crippen LogP contribution is 2.27. The number of aromatic nitrogens is 6. The third-order valence-corrected chi connectivity index (χ3v) is 5.40. The largest absolute Gasteiger partial charge is 0.383 e. The fraction of sp³-hybridized carbons (Fsp3) is 0.292. The lowest BCUT2D eigenvalue weighted by Gasteiger charge is -2.09. The molecule has 0 aliphatic carbocycles. The number of methoxy groups -OCH3 is 1. The number of hydrogen-bond donors (Lipinski definition) is 0. The van der Waals surface area contributed by atoms with Gasteiger partial charge in [0.15, 0.2) is 5.82 Å². The van der Waals surface area contributed by atoms with E-state index in [9.17, 15) is 0 Å². The van der Waals surface area contributed by atoms with Crippen molar-refractivity contribution in [3.63, 3.8) is 0 Å². The van der Waals surface area contributed by atoms with Crippen molar-refractivity contribution in [1.82, 2.24) is 29.5 Å². The van der Waals surface area contributed by atoms with E-state index in [1.165, 1.54) is 0 Å². The minimum atomic E-state index is 0.557. The van der Waals surface area contributed by atoms with Crippen LogP contribution < -0.4 is 0 Å². The summed E-state index contributed by atoms with van der Waals surface area (Å²) in [5.41, 5.74) is 7.51. The molecule has 8 nitrogen and oxygen atoms in total. The van der Waals surface area contributed by atoms with Crippen LogP contribution >= 0.6 is 0 Å². The SMILES string of the molecule is COCCn1nc(-c2ccc(C#N)cc2)c(C)c1Cc1cc(-n2nc(C)cc2C)ncn1. The standard InChI is InChI=1S/C24H25N7O/c1-16-11-17(2)31(28-16)23-13-21(26-15-27-23)12-22-18(3)24(29-30(22)9-10-32-4)20-7-5-19(14-25)6-8-20/h5-8,11,13,15H,9-10,12H2,1-4H3. The Morgan fingerprint density at radius 3 is 2.47 bits per heavy atom. The van der Waals surface area contributed by atoms with E-state index < -0.39 is 0 Å². The van der Waals surface area contributed by atoms with Crippen molar-refractivity contribution >= 4 is 0 Å². The lowest BCUT2D eigenvalue weighted by atomic mass is 10.0. The van der Waals surface area contributed by atoms with Crippen molar-refractivity contribution in [2.45, 2.75) is 33.7 Å². The van der Waals surface area contributed by atoms with Gasteiger partial charge in [0.25, 0.3) is 0 Å². The number of rotatable bonds is 7. The quantitative estimate of drug-likeness (QED) is 0.448. The Hall–Kier alpha value is -3.83. The molecule has 0 unspecified atom stereocenters. The van der Waals surface area contributed by atoms with Crippen LogP contribution in [0.5, 0.6) is 0 Å². The molecule has 0 N–H and O–H groups in total. The summed E-state index contributed by atoms with van der Waals surface area (Å²) in [6.45, 7) is 7.24. The summed E-state index contributed by atoms with van der Waals surface area (Å²) >= 11 is 0. The fourth-order valence-corrected chi connectivity index (χ4v) is 3.78. The zero-order chi connectivity index (χ0) is 22.7. The molecule has 0 saturated heterocycles. The molecule has 0 aliphatic rings. The zero-order valence-electron chi connectivity index (χ0n) is 18.7. The fourth-order valence-electron chi connectivity index (χ4n) is 3.78. The first kappa shape index (κ1) is 21.4. The maximum atomic E-state index is 9.08. The molecule has 4 rings (SSSR count). The van der Waals surface area contributed by atoms with Crippen molar-refractivity contribution in [1.29, 1.82) is 5.26 Å². The molecule has 0 spiro atoms. The third-order valence-electron chi connectivity index (χ3n) is 5.40. The molecule has 0 amide bonds. The minimum Gasteiger partial charge on any atom is -0.383 e. The average Bonchev–Trinajstić information content (AvgIpc) is 3.31. The lowest BCUT2D eigenvalue weighted by molar-refractivity contribution is 0.182. The van der Waals surface area contributed by atoms with E-state index in [-0.39, 0.29) is 0 Å². The maximum Gasteiger partial charge on any atom is 0.157 e. The summed E-state index contributed by atoms with van der Waals surface area (Å²) in [6.07, 6.45) is 2.18. The Bertz CT molecular complexity index is 1280. The Labute approximate surface area is 187 Å². The van der Waals surface area contributed by atoms with Crippen LogP contribution in [0.1, 0.15) is 33.9 Å². The normalized spacial score (nSPS) is 11.0. The van der Waals surface area contributed by atoms with Crippen LogP contribution in [-0.4, -0.2) is 43.2 Å². The first-order chi connectivity index (χ1) is 15.5. The van der Waals surface area contributed by atoms with Crippen LogP contribution in [0, 0.1) is 32.1 Å². The molecule has 0 fully saturated rings. The molecule has 0 bridgehead atoms. The van der Waals surface area contributed by atoms with Crippen molar-refractivity contribution < 1.29 is 4.74 Å². The van der Waals surface area contributed by atoms with Gasteiger partial charge in [-0.15, -0.1) is 0 Å². The van der Waals surface area contributed by atoms with Crippen LogP contribution in [0.25, 0.3) is 17.1 Å². The Kier molecular flexibility index (Phi) is 6.10. The van der Waals surface area contributed by atoms with Gasteiger partial charge in [-0.25, -0.2) is 14.6 Å². The van der Waals surface area contributed by atoms with Crippen molar-refractivity contribution in [3.05, 3.63) is 76.6 Å². The van der Waals surface area contributed by atoms with E-state index in [4.69, 9.17) is 15.1 Å². The Balaban J connectivity index is 1.71. The maximum absolute atomic E-state index is 9.08. The van der Waals surface area contributed by atoms with Gasteiger partial charge in [0.1, 0.15) is 6.33 Å². The summed E-state index contributed by atoms with van der Waals surface area (Å²) in [5, 5.41) is 18.5. The van der Waals surface area contributed by atoms with E-state index >= 15 is 0 Å². The average molecular weight is 428 g/mol. The summed E-state index contributed by atoms with van der Waals surface area (Å²) in [4.78, 5) is 8.91. The number of hydrogen-bond acceptors (Lipinski definition) is 6. The van der Waals surface area contributed by atoms with Crippen molar-refractivity contribution in [2.75, 3.05) is 13.7 Å². The third kappa shape index (κ3) is 4.29. The van der Waals surface area contributed by atoms with Gasteiger partial charge < -0.3 is 4.74 Å². The van der Waals surface area contributed by atoms with Crippen LogP contribution in [-0.2, 0) is 17.7 Å². The Morgan fingerprint density at radius 2 is 1.81 bits per heavy atom. The second kappa shape index (κ2) is 9.12. The van der Waals surface area contributed by atoms with E-state index in [0.29, 0.717) is 25.1 Å². The predicted octanol–water partition coefficient (Wildman–Crippen LogP) is 3.56. The van der Waals surface area contributed by atoms with E-state index in [1.54, 1.807) is 13.4 Å². The molecule has 162 valence electrons. The number of nitrogens with zero attached hydrogens (tertiary/aromatic N) is 7. The van der Waals surface area contributed by atoms with Crippen LogP contribution in [0.4, 0.5) is 0 Å². The van der Waals surface area contributed by atoms with E-state index in [1.807, 2.05) is 59.6 Å². The molecule has 0 atom stereocenters. The van der Waals surface area contributed by atoms with Gasteiger partial charge in [-0.2, -0.15) is 15.5 Å². The summed E-state index contributed by atoms with van der Waals surface area (Å²) < 4.78 is 9.11. The van der Waals surface area contributed by atoms with Crippen molar-refractivity contribution in [2.24, 2.45) is 0 Å². The molecule has 3 aromatic heterocycles. The van der Waals surface area contributed by atoms with Gasteiger partial charge in [-0.1, -0.05) is 12.1 Å². The predicted molar refractivity (Wildman–Crippen MR) is 120 cm³/mol. The Morgan fingerprint density at radius 1 is 1.03 bits per heavy atom. The molecule has 0 aliphatic heterocycles. The number of nitriles is 1. The molecular weight excluding hydrogens is 402 g/mol. The van der Waals surface area contributed by atoms with Gasteiger partial charge in [0.05, 0.1) is 41.9 Å². The highest BCUT2D eigenvalue weighted by Gasteiger charge is 2.17. The first-order valence-corrected chi connectivity index (χ1v) is 10.4. The number of benzene rings is 1. The molecule has 3 heterocycles. The second-order valence-electron chi connectivity index (χ2n) is 7.71. The summed E-state index contributed by atoms with van der Waals surface area (Å²) in [7, 11) is 1.68. The smallest absolute Gasteiger partial charge is 0.157 e. The van der Waals surface area contributed by atoms with Crippen LogP contribution in [0.3, 0.4) is 0 Å². The van der Waals surface area contributed by atoms with Gasteiger partial charge in [0, 0.05) is 36.5 Å². The lowest BCUT2D eigenvalue weighted by Crippen LogP contribution is -2.11.